The van der Waals surface area contributed by atoms with Gasteiger partial charge in [-0.2, -0.15) is 9.97 Å². The largest absolute Gasteiger partial charge is 0.368 e. The van der Waals surface area contributed by atoms with E-state index >= 15 is 0 Å². The average molecular weight is 304 g/mol. The molecule has 0 saturated heterocycles. The third-order valence-electron chi connectivity index (χ3n) is 2.21. The Hall–Kier alpha value is -1.10. The highest BCUT2D eigenvalue weighted by atomic mass is 35.5. The summed E-state index contributed by atoms with van der Waals surface area (Å²) >= 11 is 17.5. The maximum absolute atomic E-state index is 5.94. The van der Waals surface area contributed by atoms with E-state index < -0.39 is 0 Å². The number of halogens is 3. The molecular formula is C11H9Cl3N4. The summed E-state index contributed by atoms with van der Waals surface area (Å²) in [5.74, 6) is 1.37. The molecule has 0 aliphatic rings. The minimum Gasteiger partial charge on any atom is -0.368 e. The Bertz CT molecular complexity index is 574. The highest BCUT2D eigenvalue weighted by molar-refractivity contribution is 6.42. The van der Waals surface area contributed by atoms with Gasteiger partial charge in [-0.25, -0.2) is 4.98 Å². The molecule has 2 aromatic rings. The van der Waals surface area contributed by atoms with E-state index in [2.05, 4.69) is 15.0 Å². The molecule has 1 aromatic heterocycles. The number of anilines is 1. The van der Waals surface area contributed by atoms with Gasteiger partial charge in [-0.15, -0.1) is 11.6 Å². The summed E-state index contributed by atoms with van der Waals surface area (Å²) in [6.07, 6.45) is 0.494. The molecule has 94 valence electrons. The average Bonchev–Trinajstić information content (AvgIpc) is 2.33. The lowest BCUT2D eigenvalue weighted by Crippen LogP contribution is -2.06. The summed E-state index contributed by atoms with van der Waals surface area (Å²) in [5, 5.41) is 1.01. The summed E-state index contributed by atoms with van der Waals surface area (Å²) in [7, 11) is 0. The Morgan fingerprint density at radius 3 is 2.39 bits per heavy atom. The molecule has 0 saturated carbocycles. The zero-order chi connectivity index (χ0) is 13.1. The Morgan fingerprint density at radius 2 is 1.72 bits per heavy atom. The first kappa shape index (κ1) is 13.3. The van der Waals surface area contributed by atoms with E-state index in [0.717, 1.165) is 5.56 Å². The second-order valence-electron chi connectivity index (χ2n) is 3.58. The predicted molar refractivity (Wildman–Crippen MR) is 73.1 cm³/mol. The van der Waals surface area contributed by atoms with Crippen LogP contribution in [-0.4, -0.2) is 15.0 Å². The fraction of sp³-hybridized carbons (Fsp3) is 0.182. The van der Waals surface area contributed by atoms with Crippen molar-refractivity contribution in [2.24, 2.45) is 0 Å². The number of hydrogen-bond acceptors (Lipinski definition) is 4. The number of nitrogens with two attached hydrogens (primary N) is 1. The molecule has 0 aliphatic heterocycles. The van der Waals surface area contributed by atoms with Crippen LogP contribution in [-0.2, 0) is 12.3 Å². The van der Waals surface area contributed by atoms with Crippen molar-refractivity contribution in [3.63, 3.8) is 0 Å². The van der Waals surface area contributed by atoms with Crippen molar-refractivity contribution >= 4 is 40.8 Å². The number of nitrogen functional groups attached to an aromatic ring is 1. The summed E-state index contributed by atoms with van der Waals surface area (Å²) in [5.41, 5.74) is 6.51. The van der Waals surface area contributed by atoms with Gasteiger partial charge in [0.1, 0.15) is 11.6 Å². The van der Waals surface area contributed by atoms with Crippen molar-refractivity contribution in [1.82, 2.24) is 15.0 Å². The van der Waals surface area contributed by atoms with Crippen LogP contribution in [0.15, 0.2) is 18.2 Å². The Balaban J connectivity index is 2.27. The molecule has 1 heterocycles. The molecule has 0 unspecified atom stereocenters. The van der Waals surface area contributed by atoms with E-state index in [1.165, 1.54) is 0 Å². The molecule has 2 N–H and O–H groups in total. The number of rotatable bonds is 3. The number of hydrogen-bond donors (Lipinski definition) is 1. The first-order valence-corrected chi connectivity index (χ1v) is 6.36. The SMILES string of the molecule is Nc1nc(CCl)nc(Cc2ccc(Cl)c(Cl)c2)n1. The number of alkyl halides is 1. The Morgan fingerprint density at radius 1 is 1.00 bits per heavy atom. The zero-order valence-corrected chi connectivity index (χ0v) is 11.5. The van der Waals surface area contributed by atoms with E-state index in [0.29, 0.717) is 28.1 Å². The van der Waals surface area contributed by atoms with Gasteiger partial charge in [0.05, 0.1) is 15.9 Å². The molecular weight excluding hydrogens is 295 g/mol. The normalized spacial score (nSPS) is 10.6. The van der Waals surface area contributed by atoms with E-state index in [1.807, 2.05) is 6.07 Å². The lowest BCUT2D eigenvalue weighted by atomic mass is 10.1. The number of nitrogens with zero attached hydrogens (tertiary/aromatic N) is 3. The minimum atomic E-state index is 0.163. The lowest BCUT2D eigenvalue weighted by molar-refractivity contribution is 0.881. The smallest absolute Gasteiger partial charge is 0.223 e. The van der Waals surface area contributed by atoms with E-state index in [1.54, 1.807) is 12.1 Å². The van der Waals surface area contributed by atoms with Crippen molar-refractivity contribution in [2.45, 2.75) is 12.3 Å². The molecule has 0 atom stereocenters. The standard InChI is InChI=1S/C11H9Cl3N4/c12-5-10-16-9(17-11(15)18-10)4-6-1-2-7(13)8(14)3-6/h1-3H,4-5H2,(H2,15,16,17,18). The van der Waals surface area contributed by atoms with Crippen LogP contribution >= 0.6 is 34.8 Å². The highest BCUT2D eigenvalue weighted by Crippen LogP contribution is 2.23. The van der Waals surface area contributed by atoms with Crippen molar-refractivity contribution in [3.05, 3.63) is 45.5 Å². The zero-order valence-electron chi connectivity index (χ0n) is 9.20. The summed E-state index contributed by atoms with van der Waals surface area (Å²) in [6, 6.07) is 5.35. The third kappa shape index (κ3) is 3.22. The molecule has 7 heteroatoms. The first-order valence-electron chi connectivity index (χ1n) is 5.07. The molecule has 1 aromatic carbocycles. The maximum Gasteiger partial charge on any atom is 0.223 e. The first-order chi connectivity index (χ1) is 8.58. The summed E-state index contributed by atoms with van der Waals surface area (Å²) in [6.45, 7) is 0. The molecule has 0 spiro atoms. The van der Waals surface area contributed by atoms with Gasteiger partial charge in [0.2, 0.25) is 5.95 Å². The second kappa shape index (κ2) is 5.69. The summed E-state index contributed by atoms with van der Waals surface area (Å²) in [4.78, 5) is 12.1. The lowest BCUT2D eigenvalue weighted by Gasteiger charge is -2.04. The minimum absolute atomic E-state index is 0.163. The van der Waals surface area contributed by atoms with Gasteiger partial charge in [-0.3, -0.25) is 0 Å². The molecule has 4 nitrogen and oxygen atoms in total. The van der Waals surface area contributed by atoms with Crippen LogP contribution in [0.25, 0.3) is 0 Å². The van der Waals surface area contributed by atoms with Gasteiger partial charge < -0.3 is 5.73 Å². The van der Waals surface area contributed by atoms with Crippen LogP contribution in [0.5, 0.6) is 0 Å². The van der Waals surface area contributed by atoms with Crippen LogP contribution in [0, 0.1) is 0 Å². The molecule has 18 heavy (non-hydrogen) atoms. The Labute approximate surface area is 119 Å². The molecule has 0 amide bonds. The van der Waals surface area contributed by atoms with Crippen molar-refractivity contribution in [3.8, 4) is 0 Å². The van der Waals surface area contributed by atoms with Gasteiger partial charge >= 0.3 is 0 Å². The monoisotopic (exact) mass is 302 g/mol. The van der Waals surface area contributed by atoms with Crippen LogP contribution in [0.1, 0.15) is 17.2 Å². The van der Waals surface area contributed by atoms with Gasteiger partial charge in [0, 0.05) is 6.42 Å². The van der Waals surface area contributed by atoms with Crippen molar-refractivity contribution < 1.29 is 0 Å². The maximum atomic E-state index is 5.94. The van der Waals surface area contributed by atoms with Crippen molar-refractivity contribution in [1.29, 1.82) is 0 Å². The highest BCUT2D eigenvalue weighted by Gasteiger charge is 2.06. The number of benzene rings is 1. The molecule has 0 bridgehead atoms. The van der Waals surface area contributed by atoms with Gasteiger partial charge in [0.15, 0.2) is 0 Å². The van der Waals surface area contributed by atoms with E-state index in [-0.39, 0.29) is 11.8 Å². The van der Waals surface area contributed by atoms with Crippen molar-refractivity contribution in [2.75, 3.05) is 5.73 Å². The van der Waals surface area contributed by atoms with Gasteiger partial charge in [-0.05, 0) is 17.7 Å². The summed E-state index contributed by atoms with van der Waals surface area (Å²) < 4.78 is 0. The Kier molecular flexibility index (Phi) is 4.22. The van der Waals surface area contributed by atoms with E-state index in [9.17, 15) is 0 Å². The third-order valence-corrected chi connectivity index (χ3v) is 3.19. The quantitative estimate of drug-likeness (QED) is 0.885. The second-order valence-corrected chi connectivity index (χ2v) is 4.67. The fourth-order valence-electron chi connectivity index (χ4n) is 1.46. The van der Waals surface area contributed by atoms with Crippen LogP contribution in [0.3, 0.4) is 0 Å². The molecule has 0 fully saturated rings. The van der Waals surface area contributed by atoms with Gasteiger partial charge in [-0.1, -0.05) is 29.3 Å². The number of aromatic nitrogens is 3. The van der Waals surface area contributed by atoms with Crippen LogP contribution in [0.4, 0.5) is 5.95 Å². The molecule has 0 aliphatic carbocycles. The topological polar surface area (TPSA) is 64.7 Å². The fourth-order valence-corrected chi connectivity index (χ4v) is 1.90. The van der Waals surface area contributed by atoms with Crippen LogP contribution < -0.4 is 5.73 Å². The van der Waals surface area contributed by atoms with E-state index in [4.69, 9.17) is 40.5 Å². The predicted octanol–water partition coefficient (Wildman–Crippen LogP) is 3.09. The van der Waals surface area contributed by atoms with Crippen LogP contribution in [0.2, 0.25) is 10.0 Å². The molecule has 2 rings (SSSR count). The van der Waals surface area contributed by atoms with Gasteiger partial charge in [0.25, 0.3) is 0 Å². The molecule has 0 radical (unpaired) electrons.